The quantitative estimate of drug-likeness (QED) is 0.765. The number of aliphatic hydroxyl groups excluding tert-OH is 1. The van der Waals surface area contributed by atoms with Crippen LogP contribution in [0.1, 0.15) is 43.6 Å². The minimum atomic E-state index is -0.576. The highest BCUT2D eigenvalue weighted by Crippen LogP contribution is 2.41. The molecule has 31 heavy (non-hydrogen) atoms. The molecule has 2 aliphatic rings. The van der Waals surface area contributed by atoms with Gasteiger partial charge in [-0.25, -0.2) is 4.79 Å². The van der Waals surface area contributed by atoms with Gasteiger partial charge in [0.1, 0.15) is 11.8 Å². The fourth-order valence-corrected chi connectivity index (χ4v) is 4.86. The van der Waals surface area contributed by atoms with Gasteiger partial charge in [0, 0.05) is 12.0 Å². The first-order valence-corrected chi connectivity index (χ1v) is 11.0. The number of urea groups is 1. The molecule has 1 heterocycles. The van der Waals surface area contributed by atoms with Gasteiger partial charge in [0.2, 0.25) is 0 Å². The summed E-state index contributed by atoms with van der Waals surface area (Å²) in [7, 11) is 1.64. The number of hydrogen-bond acceptors (Lipinski definition) is 4. The van der Waals surface area contributed by atoms with Gasteiger partial charge in [0.25, 0.3) is 0 Å². The standard InChI is InChI=1S/C25H29N3O3/c1-31-21-13-11-18(12-14-21)17-7-9-19(10-8-17)24-22(15-26)28(23(24)16-29)25(30)27-20-5-3-2-4-6-20/h7-14,20,22-24,29H,2-6,16H2,1H3,(H,27,30)/t22-,23-,24+/m0/s1. The van der Waals surface area contributed by atoms with Gasteiger partial charge < -0.3 is 20.1 Å². The summed E-state index contributed by atoms with van der Waals surface area (Å²) in [5, 5.41) is 22.8. The Hall–Kier alpha value is -3.04. The van der Waals surface area contributed by atoms with E-state index in [0.717, 1.165) is 48.1 Å². The lowest BCUT2D eigenvalue weighted by molar-refractivity contribution is 0.0153. The first-order valence-electron chi connectivity index (χ1n) is 11.0. The molecule has 1 aliphatic carbocycles. The van der Waals surface area contributed by atoms with Crippen LogP contribution in [0.3, 0.4) is 0 Å². The maximum Gasteiger partial charge on any atom is 0.319 e. The molecule has 1 aliphatic heterocycles. The Bertz CT molecular complexity index is 930. The van der Waals surface area contributed by atoms with Crippen molar-refractivity contribution in [1.82, 2.24) is 10.2 Å². The number of likely N-dealkylation sites (tertiary alicyclic amines) is 1. The van der Waals surface area contributed by atoms with Gasteiger partial charge in [-0.15, -0.1) is 0 Å². The van der Waals surface area contributed by atoms with Crippen LogP contribution in [-0.4, -0.2) is 47.9 Å². The van der Waals surface area contributed by atoms with Crippen LogP contribution in [0, 0.1) is 11.3 Å². The lowest BCUT2D eigenvalue weighted by Crippen LogP contribution is -2.67. The van der Waals surface area contributed by atoms with Gasteiger partial charge in [-0.3, -0.25) is 0 Å². The summed E-state index contributed by atoms with van der Waals surface area (Å²) in [4.78, 5) is 14.4. The molecule has 0 radical (unpaired) electrons. The van der Waals surface area contributed by atoms with E-state index < -0.39 is 6.04 Å². The Balaban J connectivity index is 1.48. The Morgan fingerprint density at radius 1 is 1.10 bits per heavy atom. The SMILES string of the molecule is COc1ccc(-c2ccc([C@@H]3[C@H](C#N)N(C(=O)NC4CCCCC4)[C@H]3CO)cc2)cc1. The van der Waals surface area contributed by atoms with E-state index in [2.05, 4.69) is 11.4 Å². The van der Waals surface area contributed by atoms with Crippen LogP contribution in [0.25, 0.3) is 11.1 Å². The van der Waals surface area contributed by atoms with Gasteiger partial charge in [0.15, 0.2) is 0 Å². The Labute approximate surface area is 183 Å². The number of rotatable bonds is 5. The molecule has 6 nitrogen and oxygen atoms in total. The van der Waals surface area contributed by atoms with E-state index in [4.69, 9.17) is 4.74 Å². The number of aliphatic hydroxyl groups is 1. The zero-order valence-corrected chi connectivity index (χ0v) is 17.8. The van der Waals surface area contributed by atoms with Crippen molar-refractivity contribution < 1.29 is 14.6 Å². The predicted molar refractivity (Wildman–Crippen MR) is 119 cm³/mol. The Kier molecular flexibility index (Phi) is 6.43. The molecule has 2 N–H and O–H groups in total. The topological polar surface area (TPSA) is 85.6 Å². The number of amides is 2. The van der Waals surface area contributed by atoms with E-state index >= 15 is 0 Å². The molecule has 2 amide bonds. The van der Waals surface area contributed by atoms with E-state index in [-0.39, 0.29) is 30.6 Å². The monoisotopic (exact) mass is 419 g/mol. The van der Waals surface area contributed by atoms with E-state index in [1.807, 2.05) is 48.5 Å². The fourth-order valence-electron chi connectivity index (χ4n) is 4.86. The highest BCUT2D eigenvalue weighted by molar-refractivity contribution is 5.78. The third kappa shape index (κ3) is 4.24. The average Bonchev–Trinajstić information content (AvgIpc) is 2.80. The number of nitrogens with zero attached hydrogens (tertiary/aromatic N) is 2. The zero-order chi connectivity index (χ0) is 21.8. The number of hydrogen-bond donors (Lipinski definition) is 2. The minimum absolute atomic E-state index is 0.166. The van der Waals surface area contributed by atoms with E-state index in [1.54, 1.807) is 7.11 Å². The maximum absolute atomic E-state index is 12.8. The average molecular weight is 420 g/mol. The van der Waals surface area contributed by atoms with Crippen LogP contribution < -0.4 is 10.1 Å². The van der Waals surface area contributed by atoms with Gasteiger partial charge >= 0.3 is 6.03 Å². The summed E-state index contributed by atoms with van der Waals surface area (Å²) in [6, 6.07) is 17.1. The molecule has 162 valence electrons. The number of benzene rings is 2. The lowest BCUT2D eigenvalue weighted by Gasteiger charge is -2.51. The van der Waals surface area contributed by atoms with Crippen molar-refractivity contribution in [1.29, 1.82) is 5.26 Å². The number of carbonyl (C=O) groups excluding carboxylic acids is 1. The Morgan fingerprint density at radius 3 is 2.26 bits per heavy atom. The van der Waals surface area contributed by atoms with Crippen molar-refractivity contribution in [2.45, 2.75) is 56.1 Å². The van der Waals surface area contributed by atoms with Crippen molar-refractivity contribution in [3.05, 3.63) is 54.1 Å². The number of methoxy groups -OCH3 is 1. The number of nitriles is 1. The van der Waals surface area contributed by atoms with E-state index in [9.17, 15) is 15.2 Å². The van der Waals surface area contributed by atoms with E-state index in [1.165, 1.54) is 11.3 Å². The summed E-state index contributed by atoms with van der Waals surface area (Å²) in [6.45, 7) is -0.166. The van der Waals surface area contributed by atoms with Gasteiger partial charge in [0.05, 0.1) is 25.8 Å². The highest BCUT2D eigenvalue weighted by atomic mass is 16.5. The molecule has 0 unspecified atom stereocenters. The van der Waals surface area contributed by atoms with Crippen LogP contribution in [-0.2, 0) is 0 Å². The molecule has 2 aromatic carbocycles. The molecular formula is C25H29N3O3. The van der Waals surface area contributed by atoms with Crippen molar-refractivity contribution in [3.63, 3.8) is 0 Å². The summed E-state index contributed by atoms with van der Waals surface area (Å²) < 4.78 is 5.21. The molecule has 6 heteroatoms. The van der Waals surface area contributed by atoms with Crippen LogP contribution in [0.5, 0.6) is 5.75 Å². The highest BCUT2D eigenvalue weighted by Gasteiger charge is 2.52. The zero-order valence-electron chi connectivity index (χ0n) is 17.8. The molecule has 0 spiro atoms. The molecule has 0 bridgehead atoms. The van der Waals surface area contributed by atoms with Gasteiger partial charge in [-0.05, 0) is 41.7 Å². The fraction of sp³-hybridized carbons (Fsp3) is 0.440. The number of carbonyl (C=O) groups is 1. The molecule has 4 rings (SSSR count). The number of ether oxygens (including phenoxy) is 1. The van der Waals surface area contributed by atoms with Crippen molar-refractivity contribution in [2.24, 2.45) is 0 Å². The largest absolute Gasteiger partial charge is 0.497 e. The second-order valence-corrected chi connectivity index (χ2v) is 8.39. The molecule has 1 saturated heterocycles. The summed E-state index contributed by atoms with van der Waals surface area (Å²) in [6.07, 6.45) is 5.43. The van der Waals surface area contributed by atoms with Crippen LogP contribution in [0.15, 0.2) is 48.5 Å². The maximum atomic E-state index is 12.8. The van der Waals surface area contributed by atoms with Gasteiger partial charge in [-0.1, -0.05) is 55.7 Å². The lowest BCUT2D eigenvalue weighted by atomic mass is 9.75. The summed E-state index contributed by atoms with van der Waals surface area (Å²) in [5.74, 6) is 0.612. The first kappa shape index (κ1) is 21.2. The van der Waals surface area contributed by atoms with Crippen LogP contribution >= 0.6 is 0 Å². The first-order chi connectivity index (χ1) is 15.2. The second-order valence-electron chi connectivity index (χ2n) is 8.39. The van der Waals surface area contributed by atoms with Crippen molar-refractivity contribution in [2.75, 3.05) is 13.7 Å². The molecule has 3 atom stereocenters. The predicted octanol–water partition coefficient (Wildman–Crippen LogP) is 4.06. The number of nitrogens with one attached hydrogen (secondary N) is 1. The molecule has 0 aromatic heterocycles. The minimum Gasteiger partial charge on any atom is -0.497 e. The smallest absolute Gasteiger partial charge is 0.319 e. The molecule has 2 aromatic rings. The summed E-state index contributed by atoms with van der Waals surface area (Å²) in [5.41, 5.74) is 3.10. The molecule has 2 fully saturated rings. The van der Waals surface area contributed by atoms with Crippen LogP contribution in [0.4, 0.5) is 4.79 Å². The molecule has 1 saturated carbocycles. The molecular weight excluding hydrogens is 390 g/mol. The normalized spacial score (nSPS) is 23.5. The van der Waals surface area contributed by atoms with Crippen LogP contribution in [0.2, 0.25) is 0 Å². The third-order valence-electron chi connectivity index (χ3n) is 6.62. The van der Waals surface area contributed by atoms with E-state index in [0.29, 0.717) is 0 Å². The Morgan fingerprint density at radius 2 is 1.71 bits per heavy atom. The summed E-state index contributed by atoms with van der Waals surface area (Å²) >= 11 is 0. The second kappa shape index (κ2) is 9.40. The van der Waals surface area contributed by atoms with Crippen molar-refractivity contribution >= 4 is 6.03 Å². The van der Waals surface area contributed by atoms with Crippen molar-refractivity contribution in [3.8, 4) is 22.9 Å². The van der Waals surface area contributed by atoms with Gasteiger partial charge in [-0.2, -0.15) is 5.26 Å². The third-order valence-corrected chi connectivity index (χ3v) is 6.62.